The van der Waals surface area contributed by atoms with Gasteiger partial charge in [-0.1, -0.05) is 17.3 Å². The van der Waals surface area contributed by atoms with Crippen LogP contribution in [0.4, 0.5) is 10.5 Å². The molecule has 0 radical (unpaired) electrons. The van der Waals surface area contributed by atoms with Crippen LogP contribution in [0.2, 0.25) is 0 Å². The van der Waals surface area contributed by atoms with Crippen LogP contribution in [-0.4, -0.2) is 23.0 Å². The topological polar surface area (TPSA) is 73.7 Å². The zero-order valence-corrected chi connectivity index (χ0v) is 10.2. The van der Waals surface area contributed by atoms with Crippen molar-refractivity contribution < 1.29 is 10.0 Å². The molecule has 0 aliphatic rings. The van der Waals surface area contributed by atoms with Crippen molar-refractivity contribution in [2.75, 3.05) is 5.32 Å². The lowest BCUT2D eigenvalue weighted by molar-refractivity contribution is 0.250. The number of hydrogen-bond donors (Lipinski definition) is 3. The van der Waals surface area contributed by atoms with Gasteiger partial charge in [0.05, 0.1) is 5.71 Å². The van der Waals surface area contributed by atoms with E-state index >= 15 is 0 Å². The molecule has 92 valence electrons. The Kier molecular flexibility index (Phi) is 4.51. The number of benzene rings is 1. The van der Waals surface area contributed by atoms with Crippen LogP contribution in [0.25, 0.3) is 0 Å². The number of nitrogens with one attached hydrogen (secondary N) is 2. The first-order valence-corrected chi connectivity index (χ1v) is 5.39. The lowest BCUT2D eigenvalue weighted by atomic mass is 10.1. The number of carbonyl (C=O) groups is 1. The van der Waals surface area contributed by atoms with Gasteiger partial charge >= 0.3 is 6.03 Å². The molecule has 0 aliphatic heterocycles. The minimum Gasteiger partial charge on any atom is -0.411 e. The first-order chi connectivity index (χ1) is 8.02. The van der Waals surface area contributed by atoms with Crippen molar-refractivity contribution in [3.8, 4) is 0 Å². The molecule has 0 heterocycles. The van der Waals surface area contributed by atoms with E-state index in [1.54, 1.807) is 31.2 Å². The summed E-state index contributed by atoms with van der Waals surface area (Å²) in [4.78, 5) is 11.4. The number of hydrogen-bond acceptors (Lipinski definition) is 3. The van der Waals surface area contributed by atoms with Gasteiger partial charge in [0.25, 0.3) is 0 Å². The van der Waals surface area contributed by atoms with Crippen LogP contribution in [0, 0.1) is 0 Å². The number of nitrogens with zero attached hydrogens (tertiary/aromatic N) is 1. The Bertz CT molecular complexity index is 410. The summed E-state index contributed by atoms with van der Waals surface area (Å²) >= 11 is 0. The van der Waals surface area contributed by atoms with Gasteiger partial charge in [-0.2, -0.15) is 0 Å². The molecular weight excluding hydrogens is 218 g/mol. The lowest BCUT2D eigenvalue weighted by Gasteiger charge is -2.10. The molecule has 2 amide bonds. The van der Waals surface area contributed by atoms with E-state index in [1.165, 1.54) is 0 Å². The second-order valence-electron chi connectivity index (χ2n) is 4.02. The minimum absolute atomic E-state index is 0.0954. The summed E-state index contributed by atoms with van der Waals surface area (Å²) < 4.78 is 0. The SMILES string of the molecule is C/C(=N\O)c1ccc(NC(=O)NC(C)C)cc1. The second-order valence-corrected chi connectivity index (χ2v) is 4.02. The third kappa shape index (κ3) is 4.14. The Morgan fingerprint density at radius 1 is 1.29 bits per heavy atom. The van der Waals surface area contributed by atoms with Crippen LogP contribution in [0.3, 0.4) is 0 Å². The average molecular weight is 235 g/mol. The van der Waals surface area contributed by atoms with Gasteiger partial charge in [0.1, 0.15) is 0 Å². The summed E-state index contributed by atoms with van der Waals surface area (Å²) in [7, 11) is 0. The third-order valence-electron chi connectivity index (χ3n) is 2.13. The predicted octanol–water partition coefficient (Wildman–Crippen LogP) is 2.41. The standard InChI is InChI=1S/C12H17N3O2/c1-8(2)13-12(16)14-11-6-4-10(5-7-11)9(3)15-17/h4-8,17H,1-3H3,(H2,13,14,16)/b15-9+. The molecule has 0 spiro atoms. The van der Waals surface area contributed by atoms with Crippen molar-refractivity contribution in [3.63, 3.8) is 0 Å². The van der Waals surface area contributed by atoms with E-state index in [2.05, 4.69) is 15.8 Å². The maximum absolute atomic E-state index is 11.4. The number of anilines is 1. The van der Waals surface area contributed by atoms with Gasteiger partial charge in [0, 0.05) is 11.7 Å². The minimum atomic E-state index is -0.236. The summed E-state index contributed by atoms with van der Waals surface area (Å²) in [5.74, 6) is 0. The summed E-state index contributed by atoms with van der Waals surface area (Å²) in [6.07, 6.45) is 0. The Hall–Kier alpha value is -2.04. The van der Waals surface area contributed by atoms with Crippen LogP contribution in [0.15, 0.2) is 29.4 Å². The van der Waals surface area contributed by atoms with E-state index in [-0.39, 0.29) is 12.1 Å². The van der Waals surface area contributed by atoms with Crippen molar-refractivity contribution in [1.82, 2.24) is 5.32 Å². The number of urea groups is 1. The number of carbonyl (C=O) groups excluding carboxylic acids is 1. The van der Waals surface area contributed by atoms with E-state index in [0.29, 0.717) is 11.4 Å². The van der Waals surface area contributed by atoms with E-state index in [1.807, 2.05) is 13.8 Å². The Morgan fingerprint density at radius 3 is 2.35 bits per heavy atom. The predicted molar refractivity (Wildman–Crippen MR) is 67.7 cm³/mol. The van der Waals surface area contributed by atoms with Gasteiger partial charge < -0.3 is 15.8 Å². The van der Waals surface area contributed by atoms with Gasteiger partial charge in [0.15, 0.2) is 0 Å². The van der Waals surface area contributed by atoms with Crippen LogP contribution in [0.5, 0.6) is 0 Å². The smallest absolute Gasteiger partial charge is 0.319 e. The van der Waals surface area contributed by atoms with Gasteiger partial charge in [-0.15, -0.1) is 0 Å². The van der Waals surface area contributed by atoms with E-state index in [4.69, 9.17) is 5.21 Å². The lowest BCUT2D eigenvalue weighted by Crippen LogP contribution is -2.34. The third-order valence-corrected chi connectivity index (χ3v) is 2.13. The largest absolute Gasteiger partial charge is 0.411 e. The van der Waals surface area contributed by atoms with Crippen LogP contribution < -0.4 is 10.6 Å². The fourth-order valence-corrected chi connectivity index (χ4v) is 1.28. The van der Waals surface area contributed by atoms with Crippen LogP contribution in [-0.2, 0) is 0 Å². The molecule has 0 fully saturated rings. The first-order valence-electron chi connectivity index (χ1n) is 5.39. The summed E-state index contributed by atoms with van der Waals surface area (Å²) in [6.45, 7) is 5.49. The summed E-state index contributed by atoms with van der Waals surface area (Å²) in [5.41, 5.74) is 2.03. The maximum atomic E-state index is 11.4. The highest BCUT2D eigenvalue weighted by atomic mass is 16.4. The molecule has 0 atom stereocenters. The fourth-order valence-electron chi connectivity index (χ4n) is 1.28. The van der Waals surface area contributed by atoms with Gasteiger partial charge in [-0.3, -0.25) is 0 Å². The first kappa shape index (κ1) is 13.0. The van der Waals surface area contributed by atoms with Gasteiger partial charge in [-0.25, -0.2) is 4.79 Å². The van der Waals surface area contributed by atoms with Crippen molar-refractivity contribution in [2.45, 2.75) is 26.8 Å². The van der Waals surface area contributed by atoms with Crippen LogP contribution >= 0.6 is 0 Å². The number of amides is 2. The van der Waals surface area contributed by atoms with Gasteiger partial charge in [-0.05, 0) is 38.5 Å². The summed E-state index contributed by atoms with van der Waals surface area (Å²) in [6, 6.07) is 6.92. The molecular formula is C12H17N3O2. The molecule has 0 saturated heterocycles. The second kappa shape index (κ2) is 5.89. The van der Waals surface area contributed by atoms with Crippen molar-refractivity contribution in [1.29, 1.82) is 0 Å². The molecule has 5 heteroatoms. The van der Waals surface area contributed by atoms with Crippen LogP contribution in [0.1, 0.15) is 26.3 Å². The zero-order chi connectivity index (χ0) is 12.8. The molecule has 1 rings (SSSR count). The van der Waals surface area contributed by atoms with Crippen molar-refractivity contribution in [2.24, 2.45) is 5.16 Å². The highest BCUT2D eigenvalue weighted by molar-refractivity contribution is 5.99. The van der Waals surface area contributed by atoms with Crippen molar-refractivity contribution in [3.05, 3.63) is 29.8 Å². The monoisotopic (exact) mass is 235 g/mol. The highest BCUT2D eigenvalue weighted by Crippen LogP contribution is 2.10. The van der Waals surface area contributed by atoms with E-state index < -0.39 is 0 Å². The number of rotatable bonds is 3. The Balaban J connectivity index is 2.66. The van der Waals surface area contributed by atoms with E-state index in [0.717, 1.165) is 5.56 Å². The molecule has 3 N–H and O–H groups in total. The molecule has 0 aromatic heterocycles. The molecule has 17 heavy (non-hydrogen) atoms. The quantitative estimate of drug-likeness (QED) is 0.427. The molecule has 5 nitrogen and oxygen atoms in total. The maximum Gasteiger partial charge on any atom is 0.319 e. The Morgan fingerprint density at radius 2 is 1.88 bits per heavy atom. The van der Waals surface area contributed by atoms with Gasteiger partial charge in [0.2, 0.25) is 0 Å². The molecule has 1 aromatic rings. The molecule has 0 unspecified atom stereocenters. The molecule has 1 aromatic carbocycles. The molecule has 0 aliphatic carbocycles. The zero-order valence-electron chi connectivity index (χ0n) is 10.2. The molecule has 0 saturated carbocycles. The van der Waals surface area contributed by atoms with Crippen molar-refractivity contribution >= 4 is 17.4 Å². The highest BCUT2D eigenvalue weighted by Gasteiger charge is 2.03. The average Bonchev–Trinajstić information content (AvgIpc) is 2.28. The normalized spacial score (nSPS) is 11.4. The van der Waals surface area contributed by atoms with E-state index in [9.17, 15) is 4.79 Å². The fraction of sp³-hybridized carbons (Fsp3) is 0.333. The number of oxime groups is 1. The molecule has 0 bridgehead atoms. The summed E-state index contributed by atoms with van der Waals surface area (Å²) in [5, 5.41) is 17.1. The Labute approximate surface area is 101 Å².